The van der Waals surface area contributed by atoms with Gasteiger partial charge < -0.3 is 21.7 Å². The lowest BCUT2D eigenvalue weighted by atomic mass is 10.1. The Bertz CT molecular complexity index is 1180. The number of hydrogen-bond donors (Lipinski definition) is 5. The number of sulfonamides is 1. The number of halogens is 4. The summed E-state index contributed by atoms with van der Waals surface area (Å²) in [6.45, 7) is 3.20. The number of hydrogen-bond acceptors (Lipinski definition) is 6. The summed E-state index contributed by atoms with van der Waals surface area (Å²) in [4.78, 5) is 27.9. The maximum Gasteiger partial charge on any atom is 0.490 e. The van der Waals surface area contributed by atoms with Crippen LogP contribution in [0.1, 0.15) is 13.8 Å². The zero-order valence-electron chi connectivity index (χ0n) is 17.0. The van der Waals surface area contributed by atoms with Crippen LogP contribution in [-0.4, -0.2) is 53.7 Å². The van der Waals surface area contributed by atoms with Gasteiger partial charge in [-0.3, -0.25) is 4.79 Å². The molecule has 0 unspecified atom stereocenters. The number of carbonyl (C=O) groups is 2. The van der Waals surface area contributed by atoms with E-state index in [-0.39, 0.29) is 21.7 Å². The van der Waals surface area contributed by atoms with Crippen LogP contribution in [0.3, 0.4) is 0 Å². The van der Waals surface area contributed by atoms with Crippen LogP contribution >= 0.6 is 11.6 Å². The van der Waals surface area contributed by atoms with Crippen molar-refractivity contribution in [1.82, 2.24) is 9.71 Å². The highest BCUT2D eigenvalue weighted by Gasteiger charge is 2.38. The Morgan fingerprint density at radius 1 is 1.18 bits per heavy atom. The molecule has 0 saturated carbocycles. The molecule has 1 heterocycles. The van der Waals surface area contributed by atoms with Gasteiger partial charge in [-0.15, -0.1) is 0 Å². The van der Waals surface area contributed by atoms with Crippen molar-refractivity contribution in [3.63, 3.8) is 0 Å². The van der Waals surface area contributed by atoms with Crippen LogP contribution < -0.4 is 16.2 Å². The minimum atomic E-state index is -5.08. The lowest BCUT2D eigenvalue weighted by molar-refractivity contribution is -0.192. The quantitative estimate of drug-likeness (QED) is 0.282. The van der Waals surface area contributed by atoms with Crippen molar-refractivity contribution in [2.24, 2.45) is 22.4 Å². The SMILES string of the molecule is CC(C)[C@H](NS(=O)(=O)c1ccc2c(Cl)cnc(N=C(N)N)c2c1)C(=O)O.O=C(O)C(F)(F)F. The van der Waals surface area contributed by atoms with Crippen LogP contribution in [0.25, 0.3) is 10.8 Å². The molecule has 2 rings (SSSR count). The summed E-state index contributed by atoms with van der Waals surface area (Å²) in [6, 6.07) is 2.81. The average Bonchev–Trinajstić information content (AvgIpc) is 2.67. The van der Waals surface area contributed by atoms with E-state index in [1.54, 1.807) is 13.8 Å². The molecule has 11 nitrogen and oxygen atoms in total. The molecule has 182 valence electrons. The molecule has 0 spiro atoms. The first-order valence-corrected chi connectivity index (χ1v) is 10.6. The second-order valence-electron chi connectivity index (χ2n) is 6.66. The number of aromatic nitrogens is 1. The first-order chi connectivity index (χ1) is 15.0. The molecule has 33 heavy (non-hydrogen) atoms. The van der Waals surface area contributed by atoms with Gasteiger partial charge in [0.05, 0.1) is 9.92 Å². The predicted molar refractivity (Wildman–Crippen MR) is 112 cm³/mol. The Labute approximate surface area is 190 Å². The van der Waals surface area contributed by atoms with Gasteiger partial charge >= 0.3 is 18.1 Å². The zero-order valence-corrected chi connectivity index (χ0v) is 18.5. The van der Waals surface area contributed by atoms with Crippen LogP contribution in [0.4, 0.5) is 19.0 Å². The molecule has 2 aromatic rings. The Morgan fingerprint density at radius 3 is 2.15 bits per heavy atom. The highest BCUT2D eigenvalue weighted by molar-refractivity contribution is 7.89. The van der Waals surface area contributed by atoms with Crippen molar-refractivity contribution in [2.75, 3.05) is 0 Å². The Hall–Kier alpha value is -3.17. The number of fused-ring (bicyclic) bond motifs is 1. The molecule has 0 saturated heterocycles. The Balaban J connectivity index is 0.000000675. The third kappa shape index (κ3) is 7.73. The van der Waals surface area contributed by atoms with Crippen molar-refractivity contribution in [3.05, 3.63) is 29.4 Å². The number of aliphatic carboxylic acids is 2. The minimum absolute atomic E-state index is 0.0973. The summed E-state index contributed by atoms with van der Waals surface area (Å²) in [7, 11) is -4.11. The average molecular weight is 514 g/mol. The molecule has 0 aliphatic rings. The van der Waals surface area contributed by atoms with E-state index in [0.29, 0.717) is 10.8 Å². The van der Waals surface area contributed by atoms with Gasteiger partial charge in [0.1, 0.15) is 6.04 Å². The van der Waals surface area contributed by atoms with Crippen molar-refractivity contribution in [1.29, 1.82) is 0 Å². The monoisotopic (exact) mass is 513 g/mol. The third-order valence-electron chi connectivity index (χ3n) is 3.79. The standard InChI is InChI=1S/C15H18ClN5O4S.C2HF3O2/c1-7(2)12(14(22)23)21-26(24,25)8-3-4-9-10(5-8)13(20-15(17)18)19-6-11(9)16;3-2(4,5)1(6)7/h3-7,12,21H,1-2H3,(H,22,23)(H4,17,18,19,20);(H,6,7)/t12-;/m0./s1. The number of pyridine rings is 1. The summed E-state index contributed by atoms with van der Waals surface area (Å²) in [5, 5.41) is 17.4. The van der Waals surface area contributed by atoms with Crippen molar-refractivity contribution >= 4 is 56.1 Å². The largest absolute Gasteiger partial charge is 0.490 e. The van der Waals surface area contributed by atoms with Gasteiger partial charge in [-0.1, -0.05) is 31.5 Å². The first kappa shape index (κ1) is 27.9. The van der Waals surface area contributed by atoms with E-state index in [2.05, 4.69) is 14.7 Å². The smallest absolute Gasteiger partial charge is 0.480 e. The summed E-state index contributed by atoms with van der Waals surface area (Å²) < 4.78 is 59.1. The molecule has 0 aliphatic heterocycles. The summed E-state index contributed by atoms with van der Waals surface area (Å²) in [5.74, 6) is -4.63. The maximum absolute atomic E-state index is 12.6. The van der Waals surface area contributed by atoms with Crippen LogP contribution in [0.15, 0.2) is 34.3 Å². The highest BCUT2D eigenvalue weighted by atomic mass is 35.5. The number of nitrogens with one attached hydrogen (secondary N) is 1. The van der Waals surface area contributed by atoms with E-state index in [1.165, 1.54) is 24.4 Å². The van der Waals surface area contributed by atoms with E-state index in [9.17, 15) is 31.5 Å². The molecule has 0 amide bonds. The number of nitrogens with two attached hydrogens (primary N) is 2. The third-order valence-corrected chi connectivity index (χ3v) is 5.53. The van der Waals surface area contributed by atoms with Gasteiger partial charge in [0, 0.05) is 17.0 Å². The molecule has 1 aromatic carbocycles. The lowest BCUT2D eigenvalue weighted by Gasteiger charge is -2.18. The molecule has 0 fully saturated rings. The topological polar surface area (TPSA) is 198 Å². The molecular formula is C17H19ClF3N5O6S. The van der Waals surface area contributed by atoms with E-state index in [4.69, 9.17) is 33.0 Å². The van der Waals surface area contributed by atoms with Gasteiger partial charge in [0.15, 0.2) is 11.8 Å². The van der Waals surface area contributed by atoms with E-state index in [1.807, 2.05) is 0 Å². The fourth-order valence-electron chi connectivity index (χ4n) is 2.26. The number of guanidine groups is 1. The van der Waals surface area contributed by atoms with Gasteiger partial charge in [0.25, 0.3) is 0 Å². The number of carboxylic acid groups (broad SMARTS) is 2. The van der Waals surface area contributed by atoms with Crippen molar-refractivity contribution in [2.45, 2.75) is 31.0 Å². The van der Waals surface area contributed by atoms with Crippen LogP contribution in [0, 0.1) is 5.92 Å². The number of alkyl halides is 3. The Kier molecular flexibility index (Phi) is 8.98. The predicted octanol–water partition coefficient (Wildman–Crippen LogP) is 1.81. The Morgan fingerprint density at radius 2 is 1.73 bits per heavy atom. The van der Waals surface area contributed by atoms with Crippen molar-refractivity contribution in [3.8, 4) is 0 Å². The molecule has 7 N–H and O–H groups in total. The van der Waals surface area contributed by atoms with Gasteiger partial charge in [-0.05, 0) is 18.1 Å². The highest BCUT2D eigenvalue weighted by Crippen LogP contribution is 2.31. The minimum Gasteiger partial charge on any atom is -0.480 e. The number of benzene rings is 1. The molecule has 1 aromatic heterocycles. The summed E-state index contributed by atoms with van der Waals surface area (Å²) in [6.07, 6.45) is -3.74. The van der Waals surface area contributed by atoms with Gasteiger partial charge in [0.2, 0.25) is 10.0 Å². The van der Waals surface area contributed by atoms with Gasteiger partial charge in [-0.25, -0.2) is 18.2 Å². The normalized spacial score (nSPS) is 12.6. The number of nitrogens with zero attached hydrogens (tertiary/aromatic N) is 2. The van der Waals surface area contributed by atoms with Crippen LogP contribution in [0.5, 0.6) is 0 Å². The van der Waals surface area contributed by atoms with Crippen LogP contribution in [-0.2, 0) is 19.6 Å². The fourth-order valence-corrected chi connectivity index (χ4v) is 3.84. The van der Waals surface area contributed by atoms with Crippen LogP contribution in [0.2, 0.25) is 5.02 Å². The lowest BCUT2D eigenvalue weighted by Crippen LogP contribution is -2.44. The van der Waals surface area contributed by atoms with Gasteiger partial charge in [-0.2, -0.15) is 22.9 Å². The second-order valence-corrected chi connectivity index (χ2v) is 8.78. The molecule has 1 atom stereocenters. The molecule has 0 radical (unpaired) electrons. The number of aliphatic imine (C=N–C) groups is 1. The number of rotatable bonds is 6. The molecule has 0 bridgehead atoms. The van der Waals surface area contributed by atoms with E-state index in [0.717, 1.165) is 0 Å². The zero-order chi connectivity index (χ0) is 25.7. The molecular weight excluding hydrogens is 495 g/mol. The summed E-state index contributed by atoms with van der Waals surface area (Å²) >= 11 is 6.08. The summed E-state index contributed by atoms with van der Waals surface area (Å²) in [5.41, 5.74) is 10.7. The second kappa shape index (κ2) is 10.6. The van der Waals surface area contributed by atoms with Crippen molar-refractivity contribution < 1.29 is 41.4 Å². The first-order valence-electron chi connectivity index (χ1n) is 8.70. The molecule has 16 heteroatoms. The molecule has 0 aliphatic carbocycles. The van der Waals surface area contributed by atoms with E-state index >= 15 is 0 Å². The number of carboxylic acids is 2. The fraction of sp³-hybridized carbons (Fsp3) is 0.294. The van der Waals surface area contributed by atoms with E-state index < -0.39 is 40.1 Å². The maximum atomic E-state index is 12.6.